The van der Waals surface area contributed by atoms with Crippen molar-refractivity contribution in [3.63, 3.8) is 0 Å². The first kappa shape index (κ1) is 25.9. The van der Waals surface area contributed by atoms with Crippen LogP contribution in [0.2, 0.25) is 0 Å². The molecule has 0 aromatic heterocycles. The van der Waals surface area contributed by atoms with Gasteiger partial charge in [-0.3, -0.25) is 4.79 Å². The molecule has 0 aliphatic carbocycles. The highest BCUT2D eigenvalue weighted by Gasteiger charge is 2.30. The maximum absolute atomic E-state index is 12.7. The maximum Gasteiger partial charge on any atom is 0.416 e. The molecule has 190 valence electrons. The summed E-state index contributed by atoms with van der Waals surface area (Å²) < 4.78 is 54.7. The fourth-order valence-electron chi connectivity index (χ4n) is 3.87. The summed E-state index contributed by atoms with van der Waals surface area (Å²) in [6.07, 6.45) is -2.57. The number of esters is 1. The van der Waals surface area contributed by atoms with E-state index >= 15 is 0 Å². The van der Waals surface area contributed by atoms with Crippen LogP contribution in [0.25, 0.3) is 0 Å². The monoisotopic (exact) mass is 516 g/mol. The molecule has 1 aliphatic rings. The lowest BCUT2D eigenvalue weighted by molar-refractivity contribution is -0.145. The van der Waals surface area contributed by atoms with E-state index in [2.05, 4.69) is 6.07 Å². The second-order valence-corrected chi connectivity index (χ2v) is 9.52. The second-order valence-electron chi connectivity index (χ2n) is 8.47. The average Bonchev–Trinajstić information content (AvgIpc) is 2.86. The van der Waals surface area contributed by atoms with Crippen LogP contribution in [0, 0.1) is 0 Å². The Balaban J connectivity index is 1.25. The lowest BCUT2D eigenvalue weighted by Gasteiger charge is -2.26. The van der Waals surface area contributed by atoms with E-state index in [0.717, 1.165) is 52.5 Å². The molecule has 8 heteroatoms. The van der Waals surface area contributed by atoms with Gasteiger partial charge in [0.2, 0.25) is 0 Å². The third-order valence-corrected chi connectivity index (χ3v) is 6.84. The van der Waals surface area contributed by atoms with Gasteiger partial charge in [0.1, 0.15) is 24.2 Å². The predicted molar refractivity (Wildman–Crippen MR) is 132 cm³/mol. The molecule has 0 saturated carbocycles. The Kier molecular flexibility index (Phi) is 8.46. The number of carbonyl (C=O) groups is 1. The van der Waals surface area contributed by atoms with Crippen molar-refractivity contribution in [2.24, 2.45) is 0 Å². The number of benzene rings is 3. The minimum atomic E-state index is -4.34. The quantitative estimate of drug-likeness (QED) is 0.222. The zero-order valence-corrected chi connectivity index (χ0v) is 20.7. The number of aryl methyl sites for hydroxylation is 1. The van der Waals surface area contributed by atoms with E-state index in [1.807, 2.05) is 36.4 Å². The molecule has 1 heterocycles. The number of thioether (sulfide) groups is 1. The van der Waals surface area contributed by atoms with Crippen molar-refractivity contribution in [3.8, 4) is 11.5 Å². The van der Waals surface area contributed by atoms with Gasteiger partial charge in [0.25, 0.3) is 0 Å². The number of ether oxygens (including phenoxy) is 3. The number of hydrogen-bond acceptors (Lipinski definition) is 5. The van der Waals surface area contributed by atoms with Gasteiger partial charge in [-0.1, -0.05) is 24.3 Å². The van der Waals surface area contributed by atoms with Crippen molar-refractivity contribution in [1.29, 1.82) is 0 Å². The zero-order chi connectivity index (χ0) is 25.5. The van der Waals surface area contributed by atoms with E-state index in [-0.39, 0.29) is 25.1 Å². The first-order valence-electron chi connectivity index (χ1n) is 11.8. The highest BCUT2D eigenvalue weighted by Crippen LogP contribution is 2.34. The van der Waals surface area contributed by atoms with Gasteiger partial charge >= 0.3 is 12.1 Å². The predicted octanol–water partition coefficient (Wildman–Crippen LogP) is 7.22. The molecule has 3 aromatic rings. The van der Waals surface area contributed by atoms with E-state index in [4.69, 9.17) is 14.2 Å². The number of hydrogen-bond donors (Lipinski definition) is 0. The summed E-state index contributed by atoms with van der Waals surface area (Å²) >= 11 is 1.72. The third kappa shape index (κ3) is 7.20. The van der Waals surface area contributed by atoms with Crippen LogP contribution in [0.5, 0.6) is 11.5 Å². The van der Waals surface area contributed by atoms with Crippen LogP contribution in [0.15, 0.2) is 71.6 Å². The van der Waals surface area contributed by atoms with Crippen LogP contribution in [0.4, 0.5) is 13.2 Å². The van der Waals surface area contributed by atoms with Gasteiger partial charge in [-0.25, -0.2) is 0 Å². The molecule has 36 heavy (non-hydrogen) atoms. The molecule has 0 saturated heterocycles. The molecular weight excluding hydrogens is 489 g/mol. The van der Waals surface area contributed by atoms with E-state index < -0.39 is 11.7 Å². The summed E-state index contributed by atoms with van der Waals surface area (Å²) in [6.45, 7) is 2.37. The molecule has 1 aliphatic heterocycles. The molecule has 0 amide bonds. The van der Waals surface area contributed by atoms with E-state index in [0.29, 0.717) is 17.9 Å². The lowest BCUT2D eigenvalue weighted by atomic mass is 10.0. The van der Waals surface area contributed by atoms with Crippen LogP contribution < -0.4 is 9.47 Å². The van der Waals surface area contributed by atoms with Crippen LogP contribution in [0.3, 0.4) is 0 Å². The Bertz CT molecular complexity index is 1160. The van der Waals surface area contributed by atoms with Gasteiger partial charge in [0.15, 0.2) is 0 Å². The van der Waals surface area contributed by atoms with Crippen molar-refractivity contribution in [3.05, 3.63) is 89.0 Å². The topological polar surface area (TPSA) is 44.8 Å². The van der Waals surface area contributed by atoms with Gasteiger partial charge in [0.05, 0.1) is 18.6 Å². The Hall–Kier alpha value is -3.13. The summed E-state index contributed by atoms with van der Waals surface area (Å²) in [6, 6.07) is 18.8. The fourth-order valence-corrected chi connectivity index (χ4v) is 4.78. The van der Waals surface area contributed by atoms with Crippen LogP contribution in [-0.4, -0.2) is 18.7 Å². The van der Waals surface area contributed by atoms with Gasteiger partial charge in [-0.05, 0) is 78.9 Å². The molecule has 0 N–H and O–H groups in total. The molecule has 1 atom stereocenters. The summed E-state index contributed by atoms with van der Waals surface area (Å²) in [5.41, 5.74) is 2.28. The van der Waals surface area contributed by atoms with Gasteiger partial charge in [-0.2, -0.15) is 13.2 Å². The molecule has 4 rings (SSSR count). The lowest BCUT2D eigenvalue weighted by Crippen LogP contribution is -2.26. The molecule has 0 fully saturated rings. The molecule has 3 aromatic carbocycles. The van der Waals surface area contributed by atoms with Crippen molar-refractivity contribution in [2.45, 2.75) is 55.7 Å². The van der Waals surface area contributed by atoms with Crippen LogP contribution in [-0.2, 0) is 34.5 Å². The number of carbonyl (C=O) groups excluding carboxylic acids is 1. The molecule has 4 nitrogen and oxygen atoms in total. The van der Waals surface area contributed by atoms with Crippen LogP contribution >= 0.6 is 11.8 Å². The van der Waals surface area contributed by atoms with Crippen molar-refractivity contribution < 1.29 is 32.2 Å². The third-order valence-electron chi connectivity index (χ3n) is 5.78. The molecule has 0 spiro atoms. The van der Waals surface area contributed by atoms with E-state index in [1.54, 1.807) is 18.7 Å². The first-order chi connectivity index (χ1) is 17.3. The second kappa shape index (κ2) is 11.7. The van der Waals surface area contributed by atoms with Crippen molar-refractivity contribution in [2.75, 3.05) is 6.61 Å². The molecule has 0 bridgehead atoms. The Morgan fingerprint density at radius 3 is 2.44 bits per heavy atom. The number of rotatable bonds is 9. The first-order valence-corrected chi connectivity index (χ1v) is 12.7. The summed E-state index contributed by atoms with van der Waals surface area (Å²) in [7, 11) is 0. The minimum Gasteiger partial charge on any atom is -0.490 e. The van der Waals surface area contributed by atoms with Gasteiger partial charge in [-0.15, -0.1) is 11.8 Å². The number of halogens is 3. The smallest absolute Gasteiger partial charge is 0.416 e. The molecular formula is C28H27F3O4S. The normalized spacial score (nSPS) is 15.1. The highest BCUT2D eigenvalue weighted by molar-refractivity contribution is 7.98. The zero-order valence-electron chi connectivity index (χ0n) is 19.8. The summed E-state index contributed by atoms with van der Waals surface area (Å²) in [5, 5.41) is 0. The summed E-state index contributed by atoms with van der Waals surface area (Å²) in [4.78, 5) is 12.9. The fraction of sp³-hybridized carbons (Fsp3) is 0.321. The molecule has 1 unspecified atom stereocenters. The maximum atomic E-state index is 12.7. The molecule has 0 radical (unpaired) electrons. The standard InChI is InChI=1S/C28H27F3O4S/c1-2-33-27(32)16-24-12-7-21-15-25(13-14-26(21)35-24)36-18-20-5-10-23(11-6-20)34-17-19-3-8-22(9-4-19)28(29,30)31/h3-6,8-11,13-15,24H,2,7,12,16-18H2,1H3. The van der Waals surface area contributed by atoms with E-state index in [9.17, 15) is 18.0 Å². The summed E-state index contributed by atoms with van der Waals surface area (Å²) in [5.74, 6) is 2.04. The van der Waals surface area contributed by atoms with Gasteiger partial charge in [0, 0.05) is 10.6 Å². The highest BCUT2D eigenvalue weighted by atomic mass is 32.2. The Labute approximate surface area is 212 Å². The Morgan fingerprint density at radius 1 is 1.03 bits per heavy atom. The largest absolute Gasteiger partial charge is 0.490 e. The van der Waals surface area contributed by atoms with Crippen molar-refractivity contribution in [1.82, 2.24) is 0 Å². The Morgan fingerprint density at radius 2 is 1.75 bits per heavy atom. The van der Waals surface area contributed by atoms with E-state index in [1.165, 1.54) is 12.1 Å². The SMILES string of the molecule is CCOC(=O)CC1CCc2cc(SCc3ccc(OCc4ccc(C(F)(F)F)cc4)cc3)ccc2O1. The van der Waals surface area contributed by atoms with Crippen molar-refractivity contribution >= 4 is 17.7 Å². The number of alkyl halides is 3. The minimum absolute atomic E-state index is 0.143. The number of fused-ring (bicyclic) bond motifs is 1. The van der Waals surface area contributed by atoms with Crippen LogP contribution in [0.1, 0.15) is 42.0 Å². The van der Waals surface area contributed by atoms with Gasteiger partial charge < -0.3 is 14.2 Å². The average molecular weight is 517 g/mol.